The lowest BCUT2D eigenvalue weighted by molar-refractivity contribution is 0.0686. The van der Waals surface area contributed by atoms with E-state index >= 15 is 0 Å². The van der Waals surface area contributed by atoms with Crippen molar-refractivity contribution in [3.63, 3.8) is 0 Å². The number of benzene rings is 3. The predicted octanol–water partition coefficient (Wildman–Crippen LogP) is 10.1. The Morgan fingerprint density at radius 1 is 0.721 bits per heavy atom. The smallest absolute Gasteiger partial charge is 0.335 e. The fourth-order valence-electron chi connectivity index (χ4n) is 5.67. The van der Waals surface area contributed by atoms with Crippen LogP contribution in [0.15, 0.2) is 66.7 Å². The van der Waals surface area contributed by atoms with E-state index in [1.54, 1.807) is 24.3 Å². The Hall–Kier alpha value is -2.86. The lowest BCUT2D eigenvalue weighted by atomic mass is 9.87. The summed E-state index contributed by atoms with van der Waals surface area (Å²) in [6, 6.07) is 20.3. The molecule has 5 atom stereocenters. The molecule has 2 aliphatic carbocycles. The van der Waals surface area contributed by atoms with Gasteiger partial charge in [0.15, 0.2) is 0 Å². The largest absolute Gasteiger partial charge is 0.478 e. The predicted molar refractivity (Wildman–Crippen MR) is 176 cm³/mol. The number of nitrogens with two attached hydrogens (primary N) is 1. The molecular weight excluding hydrogens is 581 g/mol. The van der Waals surface area contributed by atoms with Crippen LogP contribution in [0.25, 0.3) is 0 Å². The Labute approximate surface area is 266 Å². The maximum atomic E-state index is 10.8. The summed E-state index contributed by atoms with van der Waals surface area (Å²) >= 11 is 12.3. The molecule has 0 aliphatic heterocycles. The van der Waals surface area contributed by atoms with Gasteiger partial charge in [-0.15, -0.1) is 0 Å². The van der Waals surface area contributed by atoms with Crippen LogP contribution in [0.3, 0.4) is 0 Å². The van der Waals surface area contributed by atoms with Crippen LogP contribution < -0.4 is 5.73 Å². The summed E-state index contributed by atoms with van der Waals surface area (Å²) in [4.78, 5) is 21.6. The van der Waals surface area contributed by atoms with Gasteiger partial charge >= 0.3 is 11.9 Å². The summed E-state index contributed by atoms with van der Waals surface area (Å²) in [7, 11) is 0. The van der Waals surface area contributed by atoms with Crippen molar-refractivity contribution in [3.8, 4) is 0 Å². The summed E-state index contributed by atoms with van der Waals surface area (Å²) in [5.74, 6) is 0.422. The molecule has 0 amide bonds. The maximum Gasteiger partial charge on any atom is 0.335 e. The minimum absolute atomic E-state index is 0.159. The van der Waals surface area contributed by atoms with Gasteiger partial charge in [0.25, 0.3) is 0 Å². The van der Waals surface area contributed by atoms with Gasteiger partial charge in [0.05, 0.1) is 11.1 Å². The van der Waals surface area contributed by atoms with Crippen molar-refractivity contribution in [3.05, 3.63) is 105 Å². The summed E-state index contributed by atoms with van der Waals surface area (Å²) in [6.07, 6.45) is 2.30. The van der Waals surface area contributed by atoms with Crippen LogP contribution in [0, 0.1) is 22.7 Å². The van der Waals surface area contributed by atoms with E-state index in [0.29, 0.717) is 44.5 Å². The van der Waals surface area contributed by atoms with Crippen molar-refractivity contribution < 1.29 is 19.8 Å². The van der Waals surface area contributed by atoms with Gasteiger partial charge < -0.3 is 15.9 Å². The van der Waals surface area contributed by atoms with Crippen LogP contribution in [0.2, 0.25) is 10.0 Å². The monoisotopic (exact) mass is 625 g/mol. The molecule has 0 heterocycles. The minimum atomic E-state index is -0.929. The van der Waals surface area contributed by atoms with Gasteiger partial charge in [-0.1, -0.05) is 107 Å². The molecule has 3 aromatic rings. The Morgan fingerprint density at radius 3 is 1.33 bits per heavy atom. The van der Waals surface area contributed by atoms with Gasteiger partial charge in [-0.05, 0) is 95.2 Å². The van der Waals surface area contributed by atoms with E-state index in [-0.39, 0.29) is 17.2 Å². The first-order valence-corrected chi connectivity index (χ1v) is 15.5. The molecule has 7 heteroatoms. The molecule has 0 saturated heterocycles. The van der Waals surface area contributed by atoms with E-state index in [1.807, 2.05) is 49.4 Å². The summed E-state index contributed by atoms with van der Waals surface area (Å²) in [5.41, 5.74) is 10.1. The van der Waals surface area contributed by atoms with Gasteiger partial charge in [0, 0.05) is 16.1 Å². The maximum absolute atomic E-state index is 10.8. The highest BCUT2D eigenvalue weighted by Gasteiger charge is 2.47. The first kappa shape index (κ1) is 34.6. The van der Waals surface area contributed by atoms with Crippen molar-refractivity contribution >= 4 is 35.1 Å². The van der Waals surface area contributed by atoms with E-state index in [9.17, 15) is 9.59 Å². The van der Waals surface area contributed by atoms with Gasteiger partial charge in [0.1, 0.15) is 0 Å². The highest BCUT2D eigenvalue weighted by molar-refractivity contribution is 6.32. The van der Waals surface area contributed by atoms with E-state index < -0.39 is 11.9 Å². The second kappa shape index (κ2) is 13.8. The lowest BCUT2D eigenvalue weighted by Gasteiger charge is -2.18. The quantitative estimate of drug-likeness (QED) is 0.262. The molecule has 2 saturated carbocycles. The average molecular weight is 627 g/mol. The molecule has 0 bridgehead atoms. The second-order valence-electron chi connectivity index (χ2n) is 13.9. The molecule has 0 unspecified atom stereocenters. The van der Waals surface area contributed by atoms with Crippen LogP contribution in [0.5, 0.6) is 0 Å². The number of rotatable bonds is 5. The van der Waals surface area contributed by atoms with Crippen molar-refractivity contribution in [2.75, 3.05) is 0 Å². The average Bonchev–Trinajstić information content (AvgIpc) is 3.83. The number of halogens is 2. The van der Waals surface area contributed by atoms with Crippen molar-refractivity contribution in [2.24, 2.45) is 28.4 Å². The zero-order valence-corrected chi connectivity index (χ0v) is 27.7. The third-order valence-corrected chi connectivity index (χ3v) is 9.08. The van der Waals surface area contributed by atoms with E-state index in [2.05, 4.69) is 41.5 Å². The molecule has 0 spiro atoms. The standard InChI is InChI=1S/2C14H17ClO2.C8H11N/c2*1-14(2,3)11-7-10(11)9-5-4-8(13(16)17)6-12(9)15;1-7(9)8-5-3-2-4-6-8/h2*4-6,10-11H,7H2,1-3H3,(H,16,17);2-7H,9H2,1H3/t2*10-,11+;7-/m000/s1. The number of carbonyl (C=O) groups is 2. The van der Waals surface area contributed by atoms with E-state index in [4.69, 9.17) is 39.1 Å². The molecule has 5 nitrogen and oxygen atoms in total. The molecule has 0 aromatic heterocycles. The fraction of sp³-hybridized carbons (Fsp3) is 0.444. The SMILES string of the molecule is CC(C)(C)[C@@H]1C[C@H]1c1ccc(C(=O)O)cc1Cl.CC(C)(C)[C@@H]1C[C@H]1c1ccc(C(=O)O)cc1Cl.C[C@H](N)c1ccccc1. The number of hydrogen-bond acceptors (Lipinski definition) is 3. The van der Waals surface area contributed by atoms with Gasteiger partial charge in [-0.3, -0.25) is 0 Å². The van der Waals surface area contributed by atoms with Crippen LogP contribution in [0.4, 0.5) is 0 Å². The molecule has 5 rings (SSSR count). The fourth-order valence-corrected chi connectivity index (χ4v) is 6.31. The molecule has 232 valence electrons. The van der Waals surface area contributed by atoms with Crippen LogP contribution in [0.1, 0.15) is 117 Å². The third kappa shape index (κ3) is 9.56. The second-order valence-corrected chi connectivity index (χ2v) is 14.7. The zero-order chi connectivity index (χ0) is 32.3. The summed E-state index contributed by atoms with van der Waals surface area (Å²) in [5, 5.41) is 18.9. The van der Waals surface area contributed by atoms with Crippen molar-refractivity contribution in [1.82, 2.24) is 0 Å². The highest BCUT2D eigenvalue weighted by Crippen LogP contribution is 2.58. The zero-order valence-electron chi connectivity index (χ0n) is 26.2. The minimum Gasteiger partial charge on any atom is -0.478 e. The Bertz CT molecular complexity index is 1340. The lowest BCUT2D eigenvalue weighted by Crippen LogP contribution is -2.09. The molecule has 0 radical (unpaired) electrons. The van der Waals surface area contributed by atoms with Gasteiger partial charge in [-0.25, -0.2) is 9.59 Å². The number of carboxylic acid groups (broad SMARTS) is 2. The number of carboxylic acids is 2. The first-order chi connectivity index (χ1) is 19.9. The summed E-state index contributed by atoms with van der Waals surface area (Å²) < 4.78 is 0. The molecule has 2 aliphatic rings. The Morgan fingerprint density at radius 2 is 1.09 bits per heavy atom. The summed E-state index contributed by atoms with van der Waals surface area (Å²) in [6.45, 7) is 15.4. The highest BCUT2D eigenvalue weighted by atomic mass is 35.5. The number of hydrogen-bond donors (Lipinski definition) is 3. The first-order valence-electron chi connectivity index (χ1n) is 14.8. The number of aromatic carboxylic acids is 2. The third-order valence-electron chi connectivity index (χ3n) is 8.42. The van der Waals surface area contributed by atoms with Crippen LogP contribution in [-0.2, 0) is 0 Å². The van der Waals surface area contributed by atoms with Crippen molar-refractivity contribution in [1.29, 1.82) is 0 Å². The van der Waals surface area contributed by atoms with Crippen LogP contribution >= 0.6 is 23.2 Å². The topological polar surface area (TPSA) is 101 Å². The molecule has 43 heavy (non-hydrogen) atoms. The normalized spacial score (nSPS) is 21.3. The Balaban J connectivity index is 0.000000186. The van der Waals surface area contributed by atoms with Gasteiger partial charge in [-0.2, -0.15) is 0 Å². The molecule has 4 N–H and O–H groups in total. The van der Waals surface area contributed by atoms with E-state index in [1.165, 1.54) is 5.56 Å². The molecule has 2 fully saturated rings. The molecular formula is C36H45Cl2NO4. The van der Waals surface area contributed by atoms with Crippen molar-refractivity contribution in [2.45, 2.75) is 79.2 Å². The van der Waals surface area contributed by atoms with Gasteiger partial charge in [0.2, 0.25) is 0 Å². The molecule has 3 aromatic carbocycles. The van der Waals surface area contributed by atoms with Crippen LogP contribution in [-0.4, -0.2) is 22.2 Å². The Kier molecular flexibility index (Phi) is 11.1. The van der Waals surface area contributed by atoms with E-state index in [0.717, 1.165) is 24.0 Å².